The number of thiazole rings is 1. The third-order valence-corrected chi connectivity index (χ3v) is 4.27. The van der Waals surface area contributed by atoms with Crippen LogP contribution in [-0.4, -0.2) is 10.1 Å². The van der Waals surface area contributed by atoms with Crippen LogP contribution in [0.1, 0.15) is 16.8 Å². The molecule has 0 atom stereocenters. The highest BCUT2D eigenvalue weighted by molar-refractivity contribution is 8.01. The van der Waals surface area contributed by atoms with Gasteiger partial charge < -0.3 is 5.11 Å². The molecule has 0 aliphatic heterocycles. The van der Waals surface area contributed by atoms with Crippen molar-refractivity contribution in [3.8, 4) is 6.07 Å². The molecule has 0 spiro atoms. The highest BCUT2D eigenvalue weighted by Crippen LogP contribution is 2.32. The molecule has 1 aromatic heterocycles. The normalized spacial score (nSPS) is 10.2. The average Bonchev–Trinajstić information content (AvgIpc) is 2.75. The van der Waals surface area contributed by atoms with Gasteiger partial charge in [-0.25, -0.2) is 4.98 Å². The van der Waals surface area contributed by atoms with E-state index >= 15 is 0 Å². The minimum absolute atomic E-state index is 0.0456. The third-order valence-electron chi connectivity index (χ3n) is 2.14. The highest BCUT2D eigenvalue weighted by Gasteiger charge is 2.07. The molecule has 5 heteroatoms. The fourth-order valence-corrected chi connectivity index (χ4v) is 3.18. The lowest BCUT2D eigenvalue weighted by Crippen LogP contribution is -1.87. The summed E-state index contributed by atoms with van der Waals surface area (Å²) >= 11 is 3.05. The summed E-state index contributed by atoms with van der Waals surface area (Å²) in [5, 5.41) is 20.1. The maximum atomic E-state index is 9.06. The lowest BCUT2D eigenvalue weighted by atomic mass is 10.1. The topological polar surface area (TPSA) is 56.9 Å². The second-order valence-electron chi connectivity index (χ2n) is 3.46. The molecule has 0 radical (unpaired) electrons. The van der Waals surface area contributed by atoms with Crippen molar-refractivity contribution in [3.63, 3.8) is 0 Å². The second kappa shape index (κ2) is 5.32. The van der Waals surface area contributed by atoms with Crippen LogP contribution in [0.5, 0.6) is 0 Å². The smallest absolute Gasteiger partial charge is 0.154 e. The Labute approximate surface area is 108 Å². The van der Waals surface area contributed by atoms with E-state index in [-0.39, 0.29) is 6.61 Å². The van der Waals surface area contributed by atoms with Crippen LogP contribution in [0.3, 0.4) is 0 Å². The third kappa shape index (κ3) is 2.86. The molecular formula is C12H10N2OS2. The van der Waals surface area contributed by atoms with Crippen LogP contribution in [0, 0.1) is 18.3 Å². The average molecular weight is 262 g/mol. The van der Waals surface area contributed by atoms with E-state index in [1.54, 1.807) is 17.4 Å². The van der Waals surface area contributed by atoms with Crippen molar-refractivity contribution in [2.45, 2.75) is 22.8 Å². The molecule has 2 aromatic rings. The molecule has 0 fully saturated rings. The number of aliphatic hydroxyl groups excluding tert-OH is 1. The van der Waals surface area contributed by atoms with E-state index in [2.05, 4.69) is 11.1 Å². The summed E-state index contributed by atoms with van der Waals surface area (Å²) in [5.74, 6) is 0. The maximum Gasteiger partial charge on any atom is 0.154 e. The van der Waals surface area contributed by atoms with Gasteiger partial charge >= 0.3 is 0 Å². The molecule has 1 N–H and O–H groups in total. The van der Waals surface area contributed by atoms with E-state index in [0.717, 1.165) is 20.5 Å². The Hall–Kier alpha value is -1.35. The largest absolute Gasteiger partial charge is 0.392 e. The van der Waals surface area contributed by atoms with Gasteiger partial charge in [-0.15, -0.1) is 11.3 Å². The van der Waals surface area contributed by atoms with E-state index in [0.29, 0.717) is 5.56 Å². The summed E-state index contributed by atoms with van der Waals surface area (Å²) in [6, 6.07) is 7.53. The maximum absolute atomic E-state index is 9.06. The number of nitrogens with zero attached hydrogens (tertiary/aromatic N) is 2. The summed E-state index contributed by atoms with van der Waals surface area (Å²) in [6.07, 6.45) is 0. The first kappa shape index (κ1) is 12.1. The highest BCUT2D eigenvalue weighted by atomic mass is 32.2. The second-order valence-corrected chi connectivity index (χ2v) is 5.60. The van der Waals surface area contributed by atoms with Gasteiger partial charge in [0.05, 0.1) is 12.2 Å². The molecule has 0 bridgehead atoms. The van der Waals surface area contributed by atoms with Gasteiger partial charge in [-0.2, -0.15) is 5.26 Å². The van der Waals surface area contributed by atoms with Gasteiger partial charge in [0, 0.05) is 16.0 Å². The first-order chi connectivity index (χ1) is 8.22. The first-order valence-corrected chi connectivity index (χ1v) is 6.66. The van der Waals surface area contributed by atoms with E-state index < -0.39 is 0 Å². The van der Waals surface area contributed by atoms with E-state index in [1.807, 2.05) is 24.4 Å². The van der Waals surface area contributed by atoms with Crippen LogP contribution in [0.4, 0.5) is 0 Å². The molecule has 0 aliphatic carbocycles. The van der Waals surface area contributed by atoms with Gasteiger partial charge in [-0.05, 0) is 24.6 Å². The van der Waals surface area contributed by atoms with Crippen molar-refractivity contribution in [2.75, 3.05) is 0 Å². The van der Waals surface area contributed by atoms with Gasteiger partial charge in [0.15, 0.2) is 4.34 Å². The molecule has 3 nitrogen and oxygen atoms in total. The number of hydrogen-bond donors (Lipinski definition) is 1. The van der Waals surface area contributed by atoms with Gasteiger partial charge in [-0.1, -0.05) is 17.8 Å². The van der Waals surface area contributed by atoms with Crippen molar-refractivity contribution in [3.05, 3.63) is 40.4 Å². The minimum Gasteiger partial charge on any atom is -0.392 e. The summed E-state index contributed by atoms with van der Waals surface area (Å²) in [4.78, 5) is 5.22. The minimum atomic E-state index is -0.0456. The van der Waals surface area contributed by atoms with E-state index in [1.165, 1.54) is 11.8 Å². The number of aliphatic hydroxyl groups is 1. The van der Waals surface area contributed by atoms with Crippen LogP contribution in [-0.2, 0) is 6.61 Å². The molecule has 0 saturated carbocycles. The summed E-state index contributed by atoms with van der Waals surface area (Å²) in [6.45, 7) is 1.90. The zero-order valence-electron chi connectivity index (χ0n) is 9.17. The molecular weight excluding hydrogens is 252 g/mol. The fourth-order valence-electron chi connectivity index (χ4n) is 1.33. The number of rotatable bonds is 3. The lowest BCUT2D eigenvalue weighted by molar-refractivity contribution is 0.281. The predicted molar refractivity (Wildman–Crippen MR) is 68.1 cm³/mol. The predicted octanol–water partition coefficient (Wildman–Crippen LogP) is 2.97. The molecule has 0 aliphatic rings. The fraction of sp³-hybridized carbons (Fsp3) is 0.167. The number of aryl methyl sites for hydroxylation is 1. The van der Waals surface area contributed by atoms with Gasteiger partial charge in [0.1, 0.15) is 6.07 Å². The zero-order valence-corrected chi connectivity index (χ0v) is 10.8. The Balaban J connectivity index is 2.30. The first-order valence-electron chi connectivity index (χ1n) is 4.97. The zero-order chi connectivity index (χ0) is 12.3. The number of aromatic nitrogens is 1. The van der Waals surface area contributed by atoms with Crippen LogP contribution >= 0.6 is 23.1 Å². The van der Waals surface area contributed by atoms with Crippen molar-refractivity contribution < 1.29 is 5.11 Å². The molecule has 0 unspecified atom stereocenters. The van der Waals surface area contributed by atoms with Crippen molar-refractivity contribution in [2.24, 2.45) is 0 Å². The molecule has 86 valence electrons. The molecule has 1 aromatic carbocycles. The van der Waals surface area contributed by atoms with Crippen molar-refractivity contribution in [1.29, 1.82) is 5.26 Å². The molecule has 17 heavy (non-hydrogen) atoms. The summed E-state index contributed by atoms with van der Waals surface area (Å²) < 4.78 is 0.927. The van der Waals surface area contributed by atoms with Gasteiger partial charge in [-0.3, -0.25) is 0 Å². The Morgan fingerprint density at radius 3 is 2.94 bits per heavy atom. The van der Waals surface area contributed by atoms with Crippen LogP contribution in [0.15, 0.2) is 32.8 Å². The SMILES string of the molecule is Cc1csc(Sc2ccc(CO)cc2C#N)n1. The van der Waals surface area contributed by atoms with Crippen LogP contribution in [0.2, 0.25) is 0 Å². The number of hydrogen-bond acceptors (Lipinski definition) is 5. The van der Waals surface area contributed by atoms with Crippen molar-refractivity contribution >= 4 is 23.1 Å². The number of benzene rings is 1. The van der Waals surface area contributed by atoms with Gasteiger partial charge in [0.2, 0.25) is 0 Å². The molecule has 0 saturated heterocycles. The van der Waals surface area contributed by atoms with Gasteiger partial charge in [0.25, 0.3) is 0 Å². The standard InChI is InChI=1S/C12H10N2OS2/c1-8-7-16-12(14-8)17-11-3-2-9(6-15)4-10(11)5-13/h2-4,7,15H,6H2,1H3. The lowest BCUT2D eigenvalue weighted by Gasteiger charge is -2.03. The summed E-state index contributed by atoms with van der Waals surface area (Å²) in [5.41, 5.74) is 2.32. The molecule has 2 rings (SSSR count). The number of nitriles is 1. The Morgan fingerprint density at radius 1 is 1.53 bits per heavy atom. The summed E-state index contributed by atoms with van der Waals surface area (Å²) in [7, 11) is 0. The van der Waals surface area contributed by atoms with Crippen molar-refractivity contribution in [1.82, 2.24) is 4.98 Å². The molecule has 0 amide bonds. The van der Waals surface area contributed by atoms with Crippen LogP contribution < -0.4 is 0 Å². The van der Waals surface area contributed by atoms with E-state index in [4.69, 9.17) is 10.4 Å². The monoisotopic (exact) mass is 262 g/mol. The van der Waals surface area contributed by atoms with E-state index in [9.17, 15) is 0 Å². The Bertz CT molecular complexity index is 572. The Morgan fingerprint density at radius 2 is 2.35 bits per heavy atom. The van der Waals surface area contributed by atoms with Crippen LogP contribution in [0.25, 0.3) is 0 Å². The Kier molecular flexibility index (Phi) is 3.79. The quantitative estimate of drug-likeness (QED) is 0.924. The molecule has 1 heterocycles.